The highest BCUT2D eigenvalue weighted by Gasteiger charge is 2.27. The van der Waals surface area contributed by atoms with Crippen molar-refractivity contribution >= 4 is 0 Å². The first-order valence-electron chi connectivity index (χ1n) is 6.46. The van der Waals surface area contributed by atoms with Gasteiger partial charge in [0.2, 0.25) is 0 Å². The van der Waals surface area contributed by atoms with Crippen LogP contribution in [0.3, 0.4) is 0 Å². The maximum absolute atomic E-state index is 13.6. The number of allylic oxidation sites excluding steroid dienone is 4. The van der Waals surface area contributed by atoms with Gasteiger partial charge in [0.05, 0.1) is 0 Å². The van der Waals surface area contributed by atoms with Gasteiger partial charge in [0, 0.05) is 36.8 Å². The van der Waals surface area contributed by atoms with Gasteiger partial charge in [-0.2, -0.15) is 0 Å². The summed E-state index contributed by atoms with van der Waals surface area (Å²) in [6, 6.07) is 0. The number of rotatable bonds is 3. The van der Waals surface area contributed by atoms with Crippen LogP contribution in [0, 0.1) is 0 Å². The van der Waals surface area contributed by atoms with Crippen molar-refractivity contribution in [1.29, 1.82) is 0 Å². The Hall–Kier alpha value is -1.88. The van der Waals surface area contributed by atoms with Crippen molar-refractivity contribution in [3.63, 3.8) is 0 Å². The van der Waals surface area contributed by atoms with Crippen molar-refractivity contribution in [2.75, 3.05) is 13.1 Å². The average molecular weight is 261 g/mol. The monoisotopic (exact) mass is 261 g/mol. The number of imidazole rings is 1. The van der Waals surface area contributed by atoms with Crippen LogP contribution in [0.1, 0.15) is 24.8 Å². The number of likely N-dealkylation sites (tertiary alicyclic amines) is 1. The molecule has 0 bridgehead atoms. The SMILES string of the molecule is OC(C1=CCC=C(F)C=C1N1CCC1)c1ncc[nH]1. The van der Waals surface area contributed by atoms with E-state index in [2.05, 4.69) is 14.9 Å². The summed E-state index contributed by atoms with van der Waals surface area (Å²) in [5, 5.41) is 10.4. The van der Waals surface area contributed by atoms with Crippen molar-refractivity contribution in [2.45, 2.75) is 18.9 Å². The smallest absolute Gasteiger partial charge is 0.139 e. The summed E-state index contributed by atoms with van der Waals surface area (Å²) in [5.74, 6) is 0.236. The number of aromatic nitrogens is 2. The molecule has 1 atom stereocenters. The summed E-state index contributed by atoms with van der Waals surface area (Å²) in [7, 11) is 0. The molecule has 1 aliphatic heterocycles. The van der Waals surface area contributed by atoms with Gasteiger partial charge in [-0.1, -0.05) is 6.08 Å². The van der Waals surface area contributed by atoms with Gasteiger partial charge in [-0.05, 0) is 25.0 Å². The highest BCUT2D eigenvalue weighted by atomic mass is 19.1. The van der Waals surface area contributed by atoms with Gasteiger partial charge < -0.3 is 15.0 Å². The molecule has 0 amide bonds. The van der Waals surface area contributed by atoms with E-state index in [9.17, 15) is 9.50 Å². The third-order valence-electron chi connectivity index (χ3n) is 3.49. The van der Waals surface area contributed by atoms with Gasteiger partial charge in [0.15, 0.2) is 0 Å². The molecule has 5 heteroatoms. The number of halogens is 1. The van der Waals surface area contributed by atoms with E-state index in [0.717, 1.165) is 30.8 Å². The Morgan fingerprint density at radius 2 is 2.21 bits per heavy atom. The first kappa shape index (κ1) is 12.2. The second-order valence-corrected chi connectivity index (χ2v) is 4.73. The van der Waals surface area contributed by atoms with Crippen molar-refractivity contribution < 1.29 is 9.50 Å². The summed E-state index contributed by atoms with van der Waals surface area (Å²) in [4.78, 5) is 9.06. The molecule has 1 unspecified atom stereocenters. The van der Waals surface area contributed by atoms with E-state index in [1.807, 2.05) is 6.08 Å². The minimum atomic E-state index is -0.846. The van der Waals surface area contributed by atoms with Crippen LogP contribution in [0.15, 0.2) is 47.7 Å². The molecule has 3 rings (SSSR count). The Morgan fingerprint density at radius 3 is 2.84 bits per heavy atom. The van der Waals surface area contributed by atoms with E-state index in [1.165, 1.54) is 12.2 Å². The second kappa shape index (κ2) is 5.01. The minimum Gasteiger partial charge on any atom is -0.380 e. The zero-order valence-electron chi connectivity index (χ0n) is 10.5. The second-order valence-electron chi connectivity index (χ2n) is 4.73. The standard InChI is InChI=1S/C14H16FN3O/c15-10-3-1-4-11(12(9-10)18-7-2-8-18)13(19)14-16-5-6-17-14/h3-6,9,13,19H,1-2,7-8H2,(H,16,17). The number of hydrogen-bond donors (Lipinski definition) is 2. The number of aliphatic hydroxyl groups is 1. The quantitative estimate of drug-likeness (QED) is 0.877. The van der Waals surface area contributed by atoms with Gasteiger partial charge in [-0.25, -0.2) is 9.37 Å². The number of hydrogen-bond acceptors (Lipinski definition) is 3. The molecule has 2 heterocycles. The molecule has 0 saturated carbocycles. The summed E-state index contributed by atoms with van der Waals surface area (Å²) in [6.07, 6.45) is 8.89. The fourth-order valence-electron chi connectivity index (χ4n) is 2.33. The number of H-pyrrole nitrogens is 1. The van der Waals surface area contributed by atoms with Crippen LogP contribution in [0.4, 0.5) is 4.39 Å². The number of aliphatic hydroxyl groups excluding tert-OH is 1. The lowest BCUT2D eigenvalue weighted by molar-refractivity contribution is 0.185. The first-order chi connectivity index (χ1) is 9.25. The zero-order valence-corrected chi connectivity index (χ0v) is 10.5. The molecule has 100 valence electrons. The van der Waals surface area contributed by atoms with E-state index in [1.54, 1.807) is 12.4 Å². The van der Waals surface area contributed by atoms with Gasteiger partial charge in [-0.15, -0.1) is 0 Å². The van der Waals surface area contributed by atoms with Crippen LogP contribution < -0.4 is 0 Å². The Kier molecular flexibility index (Phi) is 3.21. The molecule has 19 heavy (non-hydrogen) atoms. The van der Waals surface area contributed by atoms with Crippen LogP contribution in [-0.4, -0.2) is 33.1 Å². The minimum absolute atomic E-state index is 0.250. The van der Waals surface area contributed by atoms with E-state index in [-0.39, 0.29) is 5.83 Å². The van der Waals surface area contributed by atoms with Crippen LogP contribution in [-0.2, 0) is 0 Å². The van der Waals surface area contributed by atoms with Crippen molar-refractivity contribution in [3.05, 3.63) is 53.5 Å². The molecule has 1 aromatic rings. The van der Waals surface area contributed by atoms with Crippen LogP contribution in [0.5, 0.6) is 0 Å². The largest absolute Gasteiger partial charge is 0.380 e. The number of nitrogens with one attached hydrogen (secondary N) is 1. The van der Waals surface area contributed by atoms with Crippen LogP contribution in [0.25, 0.3) is 0 Å². The normalized spacial score (nSPS) is 20.9. The average Bonchev–Trinajstić information content (AvgIpc) is 2.78. The van der Waals surface area contributed by atoms with E-state index >= 15 is 0 Å². The number of aromatic amines is 1. The number of nitrogens with zero attached hydrogens (tertiary/aromatic N) is 2. The summed E-state index contributed by atoms with van der Waals surface area (Å²) in [5.41, 5.74) is 1.49. The highest BCUT2D eigenvalue weighted by Crippen LogP contribution is 2.33. The van der Waals surface area contributed by atoms with Gasteiger partial charge in [0.25, 0.3) is 0 Å². The summed E-state index contributed by atoms with van der Waals surface area (Å²) >= 11 is 0. The zero-order chi connectivity index (χ0) is 13.2. The first-order valence-corrected chi connectivity index (χ1v) is 6.46. The van der Waals surface area contributed by atoms with Crippen LogP contribution >= 0.6 is 0 Å². The molecule has 1 aromatic heterocycles. The maximum atomic E-state index is 13.6. The molecular weight excluding hydrogens is 245 g/mol. The molecule has 1 saturated heterocycles. The highest BCUT2D eigenvalue weighted by molar-refractivity contribution is 5.41. The topological polar surface area (TPSA) is 52.1 Å². The molecule has 1 fully saturated rings. The molecule has 0 aromatic carbocycles. The van der Waals surface area contributed by atoms with Gasteiger partial charge in [-0.3, -0.25) is 0 Å². The van der Waals surface area contributed by atoms with Gasteiger partial charge >= 0.3 is 0 Å². The fraction of sp³-hybridized carbons (Fsp3) is 0.357. The lowest BCUT2D eigenvalue weighted by atomic mass is 10.0. The maximum Gasteiger partial charge on any atom is 0.139 e. The fourth-order valence-corrected chi connectivity index (χ4v) is 2.33. The third kappa shape index (κ3) is 2.33. The Morgan fingerprint density at radius 1 is 1.37 bits per heavy atom. The molecule has 2 N–H and O–H groups in total. The summed E-state index contributed by atoms with van der Waals surface area (Å²) in [6.45, 7) is 1.81. The predicted octanol–water partition coefficient (Wildman–Crippen LogP) is 2.22. The van der Waals surface area contributed by atoms with Crippen LogP contribution in [0.2, 0.25) is 0 Å². The molecule has 2 aliphatic rings. The molecule has 0 radical (unpaired) electrons. The predicted molar refractivity (Wildman–Crippen MR) is 69.7 cm³/mol. The van der Waals surface area contributed by atoms with Crippen molar-refractivity contribution in [3.8, 4) is 0 Å². The van der Waals surface area contributed by atoms with Gasteiger partial charge in [0.1, 0.15) is 17.8 Å². The Bertz CT molecular complexity index is 541. The third-order valence-corrected chi connectivity index (χ3v) is 3.49. The van der Waals surface area contributed by atoms with E-state index in [0.29, 0.717) is 12.2 Å². The molecular formula is C14H16FN3O. The van der Waals surface area contributed by atoms with Crippen molar-refractivity contribution in [2.24, 2.45) is 0 Å². The molecule has 1 aliphatic carbocycles. The lowest BCUT2D eigenvalue weighted by Crippen LogP contribution is -2.37. The molecule has 4 nitrogen and oxygen atoms in total. The lowest BCUT2D eigenvalue weighted by Gasteiger charge is -2.37. The van der Waals surface area contributed by atoms with E-state index in [4.69, 9.17) is 0 Å². The van der Waals surface area contributed by atoms with E-state index < -0.39 is 6.10 Å². The summed E-state index contributed by atoms with van der Waals surface area (Å²) < 4.78 is 13.6. The molecule has 0 spiro atoms. The van der Waals surface area contributed by atoms with Crippen molar-refractivity contribution in [1.82, 2.24) is 14.9 Å². The Labute approximate surface area is 111 Å². The Balaban J connectivity index is 1.93.